The van der Waals surface area contributed by atoms with E-state index in [9.17, 15) is 9.18 Å². The van der Waals surface area contributed by atoms with Crippen molar-refractivity contribution in [3.05, 3.63) is 29.8 Å². The third kappa shape index (κ3) is 1.92. The molecule has 0 radical (unpaired) electrons. The summed E-state index contributed by atoms with van der Waals surface area (Å²) in [4.78, 5) is 10.8. The smallest absolute Gasteiger partial charge is 0.376 e. The Morgan fingerprint density at radius 1 is 1.53 bits per heavy atom. The molecule has 0 aliphatic rings. The highest BCUT2D eigenvalue weighted by molar-refractivity contribution is 5.84. The predicted octanol–water partition coefficient (Wildman–Crippen LogP) is 0.508. The van der Waals surface area contributed by atoms with Crippen molar-refractivity contribution < 1.29 is 19.0 Å². The number of hydrogen-bond acceptors (Lipinski definition) is 5. The van der Waals surface area contributed by atoms with Gasteiger partial charge in [-0.25, -0.2) is 9.18 Å². The topological polar surface area (TPSA) is 90.1 Å². The van der Waals surface area contributed by atoms with Crippen LogP contribution < -0.4 is 4.74 Å². The van der Waals surface area contributed by atoms with Crippen LogP contribution in [0.1, 0.15) is 10.6 Å². The second-order valence-electron chi connectivity index (χ2n) is 3.04. The summed E-state index contributed by atoms with van der Waals surface area (Å²) in [5.74, 6) is -2.02. The van der Waals surface area contributed by atoms with E-state index in [-0.39, 0.29) is 11.4 Å². The van der Waals surface area contributed by atoms with Crippen LogP contribution in [-0.2, 0) is 0 Å². The Morgan fingerprint density at radius 3 is 2.94 bits per heavy atom. The standard InChI is InChI=1S/C9H7FN4O3/c1-17-7-3-2-5(10)4-6(7)14-8(9(15)16)11-12-13-14/h2-4H,1H3,(H,15,16). The largest absolute Gasteiger partial charge is 0.494 e. The molecule has 1 aromatic carbocycles. The summed E-state index contributed by atoms with van der Waals surface area (Å²) in [6, 6.07) is 3.63. The maximum Gasteiger partial charge on any atom is 0.376 e. The first-order chi connectivity index (χ1) is 8.13. The molecule has 1 aromatic heterocycles. The van der Waals surface area contributed by atoms with Crippen LogP contribution >= 0.6 is 0 Å². The first-order valence-corrected chi connectivity index (χ1v) is 4.49. The van der Waals surface area contributed by atoms with Crippen LogP contribution in [0, 0.1) is 5.82 Å². The van der Waals surface area contributed by atoms with Gasteiger partial charge in [0.2, 0.25) is 0 Å². The van der Waals surface area contributed by atoms with Crippen LogP contribution in [0.2, 0.25) is 0 Å². The van der Waals surface area contributed by atoms with Crippen LogP contribution in [0.4, 0.5) is 4.39 Å². The molecule has 0 unspecified atom stereocenters. The van der Waals surface area contributed by atoms with Crippen molar-refractivity contribution in [2.24, 2.45) is 0 Å². The first-order valence-electron chi connectivity index (χ1n) is 4.49. The Labute approximate surface area is 94.4 Å². The highest BCUT2D eigenvalue weighted by Crippen LogP contribution is 2.23. The number of rotatable bonds is 3. The highest BCUT2D eigenvalue weighted by Gasteiger charge is 2.18. The fourth-order valence-corrected chi connectivity index (χ4v) is 1.31. The Bertz CT molecular complexity index is 569. The molecule has 8 heteroatoms. The van der Waals surface area contributed by atoms with Crippen molar-refractivity contribution >= 4 is 5.97 Å². The van der Waals surface area contributed by atoms with Crippen LogP contribution in [-0.4, -0.2) is 38.4 Å². The maximum absolute atomic E-state index is 13.1. The van der Waals surface area contributed by atoms with Crippen LogP contribution in [0.25, 0.3) is 5.69 Å². The van der Waals surface area contributed by atoms with Gasteiger partial charge in [0.25, 0.3) is 5.82 Å². The van der Waals surface area contributed by atoms with Crippen molar-refractivity contribution in [3.63, 3.8) is 0 Å². The number of aromatic carboxylic acids is 1. The molecule has 1 N–H and O–H groups in total. The van der Waals surface area contributed by atoms with E-state index in [0.29, 0.717) is 0 Å². The van der Waals surface area contributed by atoms with Gasteiger partial charge in [-0.1, -0.05) is 0 Å². The Morgan fingerprint density at radius 2 is 2.29 bits per heavy atom. The number of carboxylic acids is 1. The van der Waals surface area contributed by atoms with Crippen LogP contribution in [0.3, 0.4) is 0 Å². The van der Waals surface area contributed by atoms with E-state index < -0.39 is 17.6 Å². The molecule has 0 bridgehead atoms. The molecule has 7 nitrogen and oxygen atoms in total. The number of methoxy groups -OCH3 is 1. The van der Waals surface area contributed by atoms with E-state index in [2.05, 4.69) is 15.5 Å². The zero-order valence-corrected chi connectivity index (χ0v) is 8.66. The van der Waals surface area contributed by atoms with Gasteiger partial charge in [0.05, 0.1) is 7.11 Å². The number of hydrogen-bond donors (Lipinski definition) is 1. The van der Waals surface area contributed by atoms with E-state index in [0.717, 1.165) is 10.7 Å². The van der Waals surface area contributed by atoms with E-state index >= 15 is 0 Å². The summed E-state index contributed by atoms with van der Waals surface area (Å²) in [7, 11) is 1.38. The number of carbonyl (C=O) groups is 1. The molecule has 0 fully saturated rings. The average molecular weight is 238 g/mol. The lowest BCUT2D eigenvalue weighted by Crippen LogP contribution is -2.10. The van der Waals surface area contributed by atoms with Crippen molar-refractivity contribution in [2.75, 3.05) is 7.11 Å². The van der Waals surface area contributed by atoms with E-state index in [1.165, 1.54) is 19.2 Å². The van der Waals surface area contributed by atoms with Gasteiger partial charge in [0.1, 0.15) is 17.3 Å². The lowest BCUT2D eigenvalue weighted by molar-refractivity contribution is 0.0680. The number of carboxylic acid groups (broad SMARTS) is 1. The van der Waals surface area contributed by atoms with Gasteiger partial charge in [-0.15, -0.1) is 5.10 Å². The second-order valence-corrected chi connectivity index (χ2v) is 3.04. The second kappa shape index (κ2) is 4.16. The van der Waals surface area contributed by atoms with Gasteiger partial charge in [0.15, 0.2) is 0 Å². The van der Waals surface area contributed by atoms with E-state index in [4.69, 9.17) is 9.84 Å². The van der Waals surface area contributed by atoms with Gasteiger partial charge in [0, 0.05) is 6.07 Å². The monoisotopic (exact) mass is 238 g/mol. The summed E-state index contributed by atoms with van der Waals surface area (Å²) in [5, 5.41) is 18.9. The number of tetrazole rings is 1. The third-order valence-electron chi connectivity index (χ3n) is 2.03. The quantitative estimate of drug-likeness (QED) is 0.837. The highest BCUT2D eigenvalue weighted by atomic mass is 19.1. The molecule has 0 aliphatic carbocycles. The number of halogens is 1. The number of nitrogens with zero attached hydrogens (tertiary/aromatic N) is 4. The number of benzene rings is 1. The summed E-state index contributed by atoms with van der Waals surface area (Å²) >= 11 is 0. The number of ether oxygens (including phenoxy) is 1. The predicted molar refractivity (Wildman–Crippen MR) is 52.6 cm³/mol. The Hall–Kier alpha value is -2.51. The third-order valence-corrected chi connectivity index (χ3v) is 2.03. The Kier molecular flexibility index (Phi) is 2.69. The summed E-state index contributed by atoms with van der Waals surface area (Å²) in [5.41, 5.74) is 0.120. The van der Waals surface area contributed by atoms with Crippen LogP contribution in [0.15, 0.2) is 18.2 Å². The van der Waals surface area contributed by atoms with Gasteiger partial charge >= 0.3 is 5.97 Å². The van der Waals surface area contributed by atoms with E-state index in [1.54, 1.807) is 0 Å². The average Bonchev–Trinajstić information content (AvgIpc) is 2.77. The minimum atomic E-state index is -1.32. The molecular weight excluding hydrogens is 231 g/mol. The van der Waals surface area contributed by atoms with Crippen molar-refractivity contribution in [1.82, 2.24) is 20.2 Å². The van der Waals surface area contributed by atoms with Crippen molar-refractivity contribution in [2.45, 2.75) is 0 Å². The van der Waals surface area contributed by atoms with Crippen molar-refractivity contribution in [3.8, 4) is 11.4 Å². The molecule has 17 heavy (non-hydrogen) atoms. The maximum atomic E-state index is 13.1. The summed E-state index contributed by atoms with van der Waals surface area (Å²) in [6.07, 6.45) is 0. The van der Waals surface area contributed by atoms with Gasteiger partial charge in [-0.05, 0) is 22.6 Å². The minimum Gasteiger partial charge on any atom is -0.494 e. The molecule has 0 saturated carbocycles. The minimum absolute atomic E-state index is 0.120. The fourth-order valence-electron chi connectivity index (χ4n) is 1.31. The first kappa shape index (κ1) is 11.0. The molecular formula is C9H7FN4O3. The van der Waals surface area contributed by atoms with Gasteiger partial charge < -0.3 is 9.84 Å². The molecule has 0 amide bonds. The van der Waals surface area contributed by atoms with Crippen LogP contribution in [0.5, 0.6) is 5.75 Å². The molecule has 0 saturated heterocycles. The molecule has 1 heterocycles. The van der Waals surface area contributed by atoms with Gasteiger partial charge in [-0.2, -0.15) is 4.68 Å². The zero-order chi connectivity index (χ0) is 12.4. The molecule has 2 rings (SSSR count). The molecule has 2 aromatic rings. The summed E-state index contributed by atoms with van der Waals surface area (Å²) < 4.78 is 19.0. The van der Waals surface area contributed by atoms with E-state index in [1.807, 2.05) is 0 Å². The Balaban J connectivity index is 2.63. The summed E-state index contributed by atoms with van der Waals surface area (Å²) in [6.45, 7) is 0. The van der Waals surface area contributed by atoms with Gasteiger partial charge in [-0.3, -0.25) is 0 Å². The molecule has 0 aliphatic heterocycles. The molecule has 0 spiro atoms. The lowest BCUT2D eigenvalue weighted by atomic mass is 10.3. The lowest BCUT2D eigenvalue weighted by Gasteiger charge is -2.07. The fraction of sp³-hybridized carbons (Fsp3) is 0.111. The SMILES string of the molecule is COc1ccc(F)cc1-n1nnnc1C(=O)O. The van der Waals surface area contributed by atoms with Crippen molar-refractivity contribution in [1.29, 1.82) is 0 Å². The molecule has 88 valence electrons. The normalized spacial score (nSPS) is 10.2. The number of aromatic nitrogens is 4. The molecule has 0 atom stereocenters. The zero-order valence-electron chi connectivity index (χ0n) is 8.66.